The zero-order valence-corrected chi connectivity index (χ0v) is 28.0. The molecule has 0 aromatic heterocycles. The minimum atomic E-state index is -1.43. The first-order valence-electron chi connectivity index (χ1n) is 15.3. The third-order valence-corrected chi connectivity index (χ3v) is 7.47. The summed E-state index contributed by atoms with van der Waals surface area (Å²) in [5.41, 5.74) is -1.06. The predicted octanol–water partition coefficient (Wildman–Crippen LogP) is 4.37. The lowest BCUT2D eigenvalue weighted by atomic mass is 9.69. The van der Waals surface area contributed by atoms with E-state index in [2.05, 4.69) is 9.47 Å². The first-order chi connectivity index (χ1) is 22.9. The summed E-state index contributed by atoms with van der Waals surface area (Å²) in [5.74, 6) is -1.75. The Balaban J connectivity index is 1.94. The molecule has 48 heavy (non-hydrogen) atoms. The van der Waals surface area contributed by atoms with E-state index < -0.39 is 47.1 Å². The van der Waals surface area contributed by atoms with Crippen LogP contribution >= 0.6 is 0 Å². The number of ether oxygens (including phenoxy) is 6. The van der Waals surface area contributed by atoms with Gasteiger partial charge in [0.2, 0.25) is 0 Å². The Morgan fingerprint density at radius 2 is 1.08 bits per heavy atom. The number of rotatable bonds is 20. The Morgan fingerprint density at radius 3 is 1.46 bits per heavy atom. The molecular weight excluding hydrogens is 624 g/mol. The van der Waals surface area contributed by atoms with Gasteiger partial charge < -0.3 is 33.5 Å². The second-order valence-corrected chi connectivity index (χ2v) is 11.3. The molecule has 2 atom stereocenters. The van der Waals surface area contributed by atoms with Gasteiger partial charge in [-0.1, -0.05) is 31.2 Å². The lowest BCUT2D eigenvalue weighted by Crippen LogP contribution is -2.42. The molecule has 2 rings (SSSR count). The molecule has 260 valence electrons. The lowest BCUT2D eigenvalue weighted by Gasteiger charge is -2.35. The zero-order valence-electron chi connectivity index (χ0n) is 28.0. The van der Waals surface area contributed by atoms with E-state index in [1.807, 2.05) is 0 Å². The van der Waals surface area contributed by atoms with E-state index in [0.29, 0.717) is 17.9 Å². The van der Waals surface area contributed by atoms with E-state index >= 15 is 0 Å². The number of carbonyl (C=O) groups is 5. The Morgan fingerprint density at radius 1 is 0.667 bits per heavy atom. The number of carbonyl (C=O) groups excluding carboxylic acids is 5. The van der Waals surface area contributed by atoms with Crippen molar-refractivity contribution in [3.05, 3.63) is 71.8 Å². The molecular formula is C36H44O12. The standard InChI is InChI=1S/C36H44O12/c1-6-35(2,33(41)47-21-19-45-29-13-7-26(8-14-29)11-17-31(39)43-4)25-36(3,23-28(38)24-37)34(42)48-22-20-46-30-15-9-27(10-16-30)12-18-32(40)44-5/h7-18,37H,6,19-25H2,1-5H3/b17-11+,18-12+. The van der Waals surface area contributed by atoms with Crippen molar-refractivity contribution in [3.8, 4) is 11.5 Å². The molecule has 0 aliphatic rings. The van der Waals surface area contributed by atoms with Crippen LogP contribution in [0, 0.1) is 10.8 Å². The van der Waals surface area contributed by atoms with Crippen LogP contribution < -0.4 is 9.47 Å². The number of hydrogen-bond donors (Lipinski definition) is 1. The van der Waals surface area contributed by atoms with Gasteiger partial charge in [0.15, 0.2) is 5.78 Å². The van der Waals surface area contributed by atoms with Crippen molar-refractivity contribution in [1.82, 2.24) is 0 Å². The Kier molecular flexibility index (Phi) is 16.0. The van der Waals surface area contributed by atoms with E-state index in [9.17, 15) is 29.1 Å². The topological polar surface area (TPSA) is 161 Å². The average Bonchev–Trinajstić information content (AvgIpc) is 3.10. The third kappa shape index (κ3) is 13.0. The number of aliphatic hydroxyl groups is 1. The zero-order chi connectivity index (χ0) is 35.6. The number of hydrogen-bond acceptors (Lipinski definition) is 12. The molecule has 0 saturated carbocycles. The number of esters is 4. The van der Waals surface area contributed by atoms with E-state index in [1.54, 1.807) is 74.5 Å². The second kappa shape index (κ2) is 19.6. The van der Waals surface area contributed by atoms with Crippen LogP contribution in [0.3, 0.4) is 0 Å². The predicted molar refractivity (Wildman–Crippen MR) is 176 cm³/mol. The van der Waals surface area contributed by atoms with Crippen molar-refractivity contribution in [2.45, 2.75) is 40.0 Å². The van der Waals surface area contributed by atoms with Crippen molar-refractivity contribution < 1.29 is 57.5 Å². The van der Waals surface area contributed by atoms with Gasteiger partial charge >= 0.3 is 23.9 Å². The Bertz CT molecular complexity index is 1430. The summed E-state index contributed by atoms with van der Waals surface area (Å²) in [6.45, 7) is 4.10. The molecule has 0 aliphatic carbocycles. The third-order valence-electron chi connectivity index (χ3n) is 7.47. The molecule has 0 bridgehead atoms. The van der Waals surface area contributed by atoms with Gasteiger partial charge in [-0.25, -0.2) is 9.59 Å². The normalized spacial score (nSPS) is 13.6. The summed E-state index contributed by atoms with van der Waals surface area (Å²) in [6, 6.07) is 13.8. The van der Waals surface area contributed by atoms with Crippen LogP contribution in [0.25, 0.3) is 12.2 Å². The number of aliphatic hydroxyl groups excluding tert-OH is 1. The van der Waals surface area contributed by atoms with E-state index in [1.165, 1.54) is 33.3 Å². The first-order valence-corrected chi connectivity index (χ1v) is 15.3. The van der Waals surface area contributed by atoms with Crippen LogP contribution in [0.5, 0.6) is 11.5 Å². The molecule has 1 N–H and O–H groups in total. The molecule has 0 radical (unpaired) electrons. The second-order valence-electron chi connectivity index (χ2n) is 11.3. The van der Waals surface area contributed by atoms with Crippen molar-refractivity contribution in [2.24, 2.45) is 10.8 Å². The quantitative estimate of drug-likeness (QED) is 0.0920. The van der Waals surface area contributed by atoms with Crippen molar-refractivity contribution in [1.29, 1.82) is 0 Å². The average molecular weight is 669 g/mol. The van der Waals surface area contributed by atoms with Gasteiger partial charge in [0.1, 0.15) is 44.5 Å². The van der Waals surface area contributed by atoms with Gasteiger partial charge in [-0.15, -0.1) is 0 Å². The van der Waals surface area contributed by atoms with Gasteiger partial charge in [0, 0.05) is 18.6 Å². The van der Waals surface area contributed by atoms with Crippen molar-refractivity contribution in [3.63, 3.8) is 0 Å². The lowest BCUT2D eigenvalue weighted by molar-refractivity contribution is -0.166. The van der Waals surface area contributed by atoms with Crippen LogP contribution in [-0.2, 0) is 42.9 Å². The fourth-order valence-electron chi connectivity index (χ4n) is 4.65. The van der Waals surface area contributed by atoms with Gasteiger partial charge in [-0.3, -0.25) is 14.4 Å². The minimum Gasteiger partial charge on any atom is -0.490 e. The van der Waals surface area contributed by atoms with Crippen LogP contribution in [-0.4, -0.2) is 82.0 Å². The summed E-state index contributed by atoms with van der Waals surface area (Å²) < 4.78 is 31.4. The Hall–Kier alpha value is -4.97. The van der Waals surface area contributed by atoms with Crippen molar-refractivity contribution in [2.75, 3.05) is 47.3 Å². The fraction of sp³-hybridized carbons (Fsp3) is 0.417. The molecule has 12 nitrogen and oxygen atoms in total. The van der Waals surface area contributed by atoms with Gasteiger partial charge in [0.05, 0.1) is 25.0 Å². The molecule has 2 unspecified atom stereocenters. The number of ketones is 1. The molecule has 0 aliphatic heterocycles. The summed E-state index contributed by atoms with van der Waals surface area (Å²) in [5, 5.41) is 9.41. The molecule has 0 heterocycles. The maximum absolute atomic E-state index is 13.3. The van der Waals surface area contributed by atoms with Crippen LogP contribution in [0.2, 0.25) is 0 Å². The highest BCUT2D eigenvalue weighted by Gasteiger charge is 2.46. The molecule has 0 amide bonds. The smallest absolute Gasteiger partial charge is 0.330 e. The molecule has 2 aromatic carbocycles. The Labute approximate surface area is 280 Å². The molecule has 12 heteroatoms. The SMILES string of the molecule is CCC(C)(CC(C)(CC(=O)CO)C(=O)OCCOc1ccc(/C=C/C(=O)OC)cc1)C(=O)OCCOc1ccc(/C=C/C(=O)OC)cc1. The maximum atomic E-state index is 13.3. The van der Waals surface area contributed by atoms with Crippen LogP contribution in [0.4, 0.5) is 0 Å². The van der Waals surface area contributed by atoms with E-state index in [0.717, 1.165) is 11.1 Å². The van der Waals surface area contributed by atoms with Crippen LogP contribution in [0.1, 0.15) is 51.2 Å². The summed E-state index contributed by atoms with van der Waals surface area (Å²) >= 11 is 0. The van der Waals surface area contributed by atoms with Gasteiger partial charge in [-0.2, -0.15) is 0 Å². The highest BCUT2D eigenvalue weighted by Crippen LogP contribution is 2.41. The molecule has 2 aromatic rings. The van der Waals surface area contributed by atoms with Gasteiger partial charge in [-0.05, 0) is 74.2 Å². The first kappa shape index (κ1) is 39.2. The largest absolute Gasteiger partial charge is 0.490 e. The highest BCUT2D eigenvalue weighted by atomic mass is 16.6. The maximum Gasteiger partial charge on any atom is 0.330 e. The summed E-state index contributed by atoms with van der Waals surface area (Å²) in [6.07, 6.45) is 5.70. The molecule has 0 spiro atoms. The van der Waals surface area contributed by atoms with E-state index in [-0.39, 0.29) is 39.3 Å². The fourth-order valence-corrected chi connectivity index (χ4v) is 4.65. The van der Waals surface area contributed by atoms with Crippen molar-refractivity contribution >= 4 is 41.8 Å². The summed E-state index contributed by atoms with van der Waals surface area (Å²) in [4.78, 5) is 61.3. The van der Waals surface area contributed by atoms with Gasteiger partial charge in [0.25, 0.3) is 0 Å². The number of benzene rings is 2. The highest BCUT2D eigenvalue weighted by molar-refractivity contribution is 5.89. The molecule has 0 saturated heterocycles. The summed E-state index contributed by atoms with van der Waals surface area (Å²) in [7, 11) is 2.58. The monoisotopic (exact) mass is 668 g/mol. The minimum absolute atomic E-state index is 0.0210. The number of Topliss-reactive ketones (excluding diaryl/α,β-unsaturated/α-hetero) is 1. The molecule has 0 fully saturated rings. The number of methoxy groups -OCH3 is 2. The van der Waals surface area contributed by atoms with E-state index in [4.69, 9.17) is 18.9 Å². The van der Waals surface area contributed by atoms with Crippen LogP contribution in [0.15, 0.2) is 60.7 Å².